The number of aryl methyl sites for hydroxylation is 1. The monoisotopic (exact) mass is 243 g/mol. The predicted octanol–water partition coefficient (Wildman–Crippen LogP) is 2.85. The topological polar surface area (TPSA) is 52.5 Å². The van der Waals surface area contributed by atoms with Crippen LogP contribution in [0.15, 0.2) is 48.5 Å². The van der Waals surface area contributed by atoms with Gasteiger partial charge in [0.2, 0.25) is 0 Å². The maximum atomic E-state index is 9.44. The number of benzene rings is 2. The molecule has 0 aromatic heterocycles. The van der Waals surface area contributed by atoms with Crippen LogP contribution in [0.25, 0.3) is 0 Å². The van der Waals surface area contributed by atoms with Crippen LogP contribution >= 0.6 is 0 Å². The minimum absolute atomic E-state index is 0.00134. The molecule has 94 valence electrons. The molecule has 3 N–H and O–H groups in total. The minimum atomic E-state index is -0.173. The highest BCUT2D eigenvalue weighted by Gasteiger charge is 2.09. The summed E-state index contributed by atoms with van der Waals surface area (Å²) in [6.45, 7) is 2.03. The summed E-state index contributed by atoms with van der Waals surface area (Å²) in [5.74, 6) is 0.228. The van der Waals surface area contributed by atoms with Crippen molar-refractivity contribution in [2.75, 3.05) is 11.9 Å². The van der Waals surface area contributed by atoms with Crippen molar-refractivity contribution >= 4 is 5.69 Å². The summed E-state index contributed by atoms with van der Waals surface area (Å²) in [5.41, 5.74) is 3.11. The Hall–Kier alpha value is -2.00. The van der Waals surface area contributed by atoms with Crippen molar-refractivity contribution in [2.45, 2.75) is 13.0 Å². The summed E-state index contributed by atoms with van der Waals surface area (Å²) >= 11 is 0. The van der Waals surface area contributed by atoms with Crippen molar-refractivity contribution in [1.82, 2.24) is 0 Å². The van der Waals surface area contributed by atoms with E-state index in [1.54, 1.807) is 24.3 Å². The van der Waals surface area contributed by atoms with E-state index in [-0.39, 0.29) is 18.4 Å². The number of phenolic OH excluding ortho intramolecular Hbond substituents is 1. The molecule has 0 aliphatic heterocycles. The number of aliphatic hydroxyl groups excluding tert-OH is 1. The van der Waals surface area contributed by atoms with Gasteiger partial charge in [0.05, 0.1) is 12.6 Å². The Kier molecular flexibility index (Phi) is 3.85. The van der Waals surface area contributed by atoms with Gasteiger partial charge in [-0.25, -0.2) is 0 Å². The highest BCUT2D eigenvalue weighted by atomic mass is 16.3. The Balaban J connectivity index is 2.14. The van der Waals surface area contributed by atoms with E-state index in [1.165, 1.54) is 5.56 Å². The lowest BCUT2D eigenvalue weighted by Gasteiger charge is -2.18. The predicted molar refractivity (Wildman–Crippen MR) is 72.7 cm³/mol. The number of anilines is 1. The second kappa shape index (κ2) is 5.56. The summed E-state index contributed by atoms with van der Waals surface area (Å²) in [6, 6.07) is 14.7. The lowest BCUT2D eigenvalue weighted by molar-refractivity contribution is 0.276. The quantitative estimate of drug-likeness (QED) is 0.774. The van der Waals surface area contributed by atoms with Crippen LogP contribution in [0.2, 0.25) is 0 Å². The lowest BCUT2D eigenvalue weighted by Crippen LogP contribution is -2.14. The lowest BCUT2D eigenvalue weighted by atomic mass is 10.1. The van der Waals surface area contributed by atoms with E-state index >= 15 is 0 Å². The van der Waals surface area contributed by atoms with Crippen LogP contribution in [-0.4, -0.2) is 16.8 Å². The molecular weight excluding hydrogens is 226 g/mol. The number of aromatic hydroxyl groups is 1. The highest BCUT2D eigenvalue weighted by molar-refractivity contribution is 5.47. The highest BCUT2D eigenvalue weighted by Crippen LogP contribution is 2.21. The number of hydrogen-bond acceptors (Lipinski definition) is 3. The van der Waals surface area contributed by atoms with Crippen LogP contribution in [0.5, 0.6) is 5.75 Å². The summed E-state index contributed by atoms with van der Waals surface area (Å²) in [6.07, 6.45) is 0. The number of aliphatic hydroxyl groups is 1. The van der Waals surface area contributed by atoms with Gasteiger partial charge < -0.3 is 15.5 Å². The number of hydrogen-bond donors (Lipinski definition) is 3. The van der Waals surface area contributed by atoms with Crippen molar-refractivity contribution < 1.29 is 10.2 Å². The molecule has 3 heteroatoms. The molecule has 0 fully saturated rings. The van der Waals surface area contributed by atoms with E-state index < -0.39 is 0 Å². The molecule has 18 heavy (non-hydrogen) atoms. The molecule has 0 heterocycles. The summed E-state index contributed by atoms with van der Waals surface area (Å²) in [4.78, 5) is 0. The molecular formula is C15H17NO2. The van der Waals surface area contributed by atoms with Crippen molar-refractivity contribution in [2.24, 2.45) is 0 Å². The molecule has 0 spiro atoms. The van der Waals surface area contributed by atoms with Crippen molar-refractivity contribution in [1.29, 1.82) is 0 Å². The van der Waals surface area contributed by atoms with Crippen LogP contribution in [0.3, 0.4) is 0 Å². The van der Waals surface area contributed by atoms with E-state index in [4.69, 9.17) is 0 Å². The Labute approximate surface area is 107 Å². The van der Waals surface area contributed by atoms with Crippen LogP contribution < -0.4 is 5.32 Å². The fourth-order valence-corrected chi connectivity index (χ4v) is 1.79. The van der Waals surface area contributed by atoms with E-state index in [1.807, 2.05) is 31.2 Å². The molecule has 0 aliphatic rings. The minimum Gasteiger partial charge on any atom is -0.508 e. The third-order valence-corrected chi connectivity index (χ3v) is 2.87. The Morgan fingerprint density at radius 2 is 1.61 bits per heavy atom. The normalized spacial score (nSPS) is 12.1. The molecule has 2 aromatic rings. The average Bonchev–Trinajstić information content (AvgIpc) is 2.39. The molecule has 1 atom stereocenters. The Morgan fingerprint density at radius 1 is 1.00 bits per heavy atom. The standard InChI is InChI=1S/C15H17NO2/c1-11-2-6-13(7-3-11)16-15(10-17)12-4-8-14(18)9-5-12/h2-9,15-18H,10H2,1H3. The van der Waals surface area contributed by atoms with Gasteiger partial charge in [0.15, 0.2) is 0 Å². The molecule has 3 nitrogen and oxygen atoms in total. The van der Waals surface area contributed by atoms with Crippen LogP contribution in [0.1, 0.15) is 17.2 Å². The zero-order valence-corrected chi connectivity index (χ0v) is 10.3. The molecule has 0 saturated carbocycles. The Bertz CT molecular complexity index is 491. The number of rotatable bonds is 4. The molecule has 1 unspecified atom stereocenters. The van der Waals surface area contributed by atoms with E-state index in [2.05, 4.69) is 5.32 Å². The first-order valence-corrected chi connectivity index (χ1v) is 5.92. The van der Waals surface area contributed by atoms with Crippen molar-refractivity contribution in [3.05, 3.63) is 59.7 Å². The molecule has 0 saturated heterocycles. The largest absolute Gasteiger partial charge is 0.508 e. The van der Waals surface area contributed by atoms with Gasteiger partial charge >= 0.3 is 0 Å². The van der Waals surface area contributed by atoms with Crippen molar-refractivity contribution in [3.8, 4) is 5.75 Å². The number of nitrogens with one attached hydrogen (secondary N) is 1. The molecule has 2 aromatic carbocycles. The van der Waals surface area contributed by atoms with Gasteiger partial charge in [0.25, 0.3) is 0 Å². The van der Waals surface area contributed by atoms with Gasteiger partial charge in [0, 0.05) is 5.69 Å². The summed E-state index contributed by atoms with van der Waals surface area (Å²) in [7, 11) is 0. The first-order valence-electron chi connectivity index (χ1n) is 5.92. The second-order valence-electron chi connectivity index (χ2n) is 4.34. The zero-order valence-electron chi connectivity index (χ0n) is 10.3. The molecule has 2 rings (SSSR count). The first kappa shape index (κ1) is 12.5. The average molecular weight is 243 g/mol. The SMILES string of the molecule is Cc1ccc(NC(CO)c2ccc(O)cc2)cc1. The molecule has 0 aliphatic carbocycles. The zero-order chi connectivity index (χ0) is 13.0. The smallest absolute Gasteiger partial charge is 0.115 e. The molecule has 0 bridgehead atoms. The maximum absolute atomic E-state index is 9.44. The van der Waals surface area contributed by atoms with Gasteiger partial charge in [-0.3, -0.25) is 0 Å². The van der Waals surface area contributed by atoms with Gasteiger partial charge in [-0.2, -0.15) is 0 Å². The third kappa shape index (κ3) is 3.02. The fraction of sp³-hybridized carbons (Fsp3) is 0.200. The van der Waals surface area contributed by atoms with Crippen molar-refractivity contribution in [3.63, 3.8) is 0 Å². The first-order chi connectivity index (χ1) is 8.69. The van der Waals surface area contributed by atoms with Crippen LogP contribution in [0.4, 0.5) is 5.69 Å². The third-order valence-electron chi connectivity index (χ3n) is 2.87. The summed E-state index contributed by atoms with van der Waals surface area (Å²) < 4.78 is 0. The maximum Gasteiger partial charge on any atom is 0.115 e. The summed E-state index contributed by atoms with van der Waals surface area (Å²) in [5, 5.41) is 21.9. The second-order valence-corrected chi connectivity index (χ2v) is 4.34. The van der Waals surface area contributed by atoms with Gasteiger partial charge in [-0.15, -0.1) is 0 Å². The molecule has 0 amide bonds. The van der Waals surface area contributed by atoms with E-state index in [9.17, 15) is 10.2 Å². The van der Waals surface area contributed by atoms with Gasteiger partial charge in [0.1, 0.15) is 5.75 Å². The number of phenols is 1. The molecule has 0 radical (unpaired) electrons. The van der Waals surface area contributed by atoms with E-state index in [0.717, 1.165) is 11.3 Å². The van der Waals surface area contributed by atoms with Gasteiger partial charge in [-0.1, -0.05) is 29.8 Å². The van der Waals surface area contributed by atoms with Crippen LogP contribution in [-0.2, 0) is 0 Å². The van der Waals surface area contributed by atoms with E-state index in [0.29, 0.717) is 0 Å². The van der Waals surface area contributed by atoms with Crippen LogP contribution in [0, 0.1) is 6.92 Å². The van der Waals surface area contributed by atoms with Gasteiger partial charge in [-0.05, 0) is 36.8 Å². The Morgan fingerprint density at radius 3 is 2.17 bits per heavy atom. The fourth-order valence-electron chi connectivity index (χ4n) is 1.79.